The van der Waals surface area contributed by atoms with Gasteiger partial charge in [0.2, 0.25) is 0 Å². The standard InChI is InChI=1S/C13H22N2/c1-9(8-14)12(15)13(4)10(2)6-5-7-11(13)3/h5-6,8,10-11,15H,7,14H2,1-4H3/b9-8-,15-12?/t10?,11-,13-/m0/s1. The first-order chi connectivity index (χ1) is 6.94. The summed E-state index contributed by atoms with van der Waals surface area (Å²) in [6, 6.07) is 0. The summed E-state index contributed by atoms with van der Waals surface area (Å²) in [5.41, 5.74) is 7.02. The van der Waals surface area contributed by atoms with E-state index in [0.717, 1.165) is 12.0 Å². The Morgan fingerprint density at radius 2 is 2.13 bits per heavy atom. The van der Waals surface area contributed by atoms with Crippen LogP contribution in [-0.4, -0.2) is 5.71 Å². The van der Waals surface area contributed by atoms with Crippen molar-refractivity contribution >= 4 is 5.71 Å². The molecule has 0 amide bonds. The lowest BCUT2D eigenvalue weighted by Gasteiger charge is -2.43. The summed E-state index contributed by atoms with van der Waals surface area (Å²) in [7, 11) is 0. The van der Waals surface area contributed by atoms with Gasteiger partial charge in [0.1, 0.15) is 0 Å². The van der Waals surface area contributed by atoms with E-state index in [9.17, 15) is 0 Å². The normalized spacial score (nSPS) is 36.7. The molecule has 2 nitrogen and oxygen atoms in total. The lowest BCUT2D eigenvalue weighted by atomic mass is 9.61. The van der Waals surface area contributed by atoms with Crippen molar-refractivity contribution in [1.29, 1.82) is 5.41 Å². The van der Waals surface area contributed by atoms with Crippen LogP contribution < -0.4 is 5.73 Å². The van der Waals surface area contributed by atoms with Crippen LogP contribution >= 0.6 is 0 Å². The minimum atomic E-state index is -0.0747. The summed E-state index contributed by atoms with van der Waals surface area (Å²) in [6.07, 6.45) is 7.05. The van der Waals surface area contributed by atoms with Crippen LogP contribution in [0.5, 0.6) is 0 Å². The Morgan fingerprint density at radius 1 is 1.53 bits per heavy atom. The molecule has 3 atom stereocenters. The van der Waals surface area contributed by atoms with E-state index in [1.165, 1.54) is 0 Å². The quantitative estimate of drug-likeness (QED) is 0.529. The molecule has 0 radical (unpaired) electrons. The predicted molar refractivity (Wildman–Crippen MR) is 65.9 cm³/mol. The Hall–Kier alpha value is -1.05. The van der Waals surface area contributed by atoms with Crippen LogP contribution in [0.3, 0.4) is 0 Å². The summed E-state index contributed by atoms with van der Waals surface area (Å²) in [4.78, 5) is 0. The van der Waals surface area contributed by atoms with Crippen LogP contribution in [0.1, 0.15) is 34.1 Å². The molecule has 15 heavy (non-hydrogen) atoms. The maximum atomic E-state index is 8.26. The van der Waals surface area contributed by atoms with Gasteiger partial charge in [-0.25, -0.2) is 0 Å². The van der Waals surface area contributed by atoms with Crippen LogP contribution in [0.15, 0.2) is 23.9 Å². The number of nitrogens with one attached hydrogen (secondary N) is 1. The number of nitrogens with two attached hydrogens (primary N) is 1. The molecule has 2 heteroatoms. The highest BCUT2D eigenvalue weighted by molar-refractivity contribution is 6.02. The molecule has 0 aromatic carbocycles. The highest BCUT2D eigenvalue weighted by Crippen LogP contribution is 2.44. The number of allylic oxidation sites excluding steroid dienone is 3. The van der Waals surface area contributed by atoms with Crippen molar-refractivity contribution in [3.63, 3.8) is 0 Å². The lowest BCUT2D eigenvalue weighted by molar-refractivity contribution is 0.226. The second-order valence-corrected chi connectivity index (χ2v) is 4.86. The molecule has 0 saturated carbocycles. The fourth-order valence-electron chi connectivity index (χ4n) is 2.36. The van der Waals surface area contributed by atoms with Gasteiger partial charge in [0.25, 0.3) is 0 Å². The van der Waals surface area contributed by atoms with Gasteiger partial charge < -0.3 is 11.1 Å². The molecule has 0 aromatic heterocycles. The molecule has 0 bridgehead atoms. The van der Waals surface area contributed by atoms with Gasteiger partial charge in [0.15, 0.2) is 0 Å². The zero-order chi connectivity index (χ0) is 11.6. The first-order valence-corrected chi connectivity index (χ1v) is 5.59. The lowest BCUT2D eigenvalue weighted by Crippen LogP contribution is -2.41. The molecule has 1 aliphatic rings. The van der Waals surface area contributed by atoms with Crippen LogP contribution in [0, 0.1) is 22.7 Å². The first kappa shape index (κ1) is 12.0. The van der Waals surface area contributed by atoms with Gasteiger partial charge in [-0.05, 0) is 37.0 Å². The van der Waals surface area contributed by atoms with Gasteiger partial charge in [-0.15, -0.1) is 0 Å². The van der Waals surface area contributed by atoms with E-state index >= 15 is 0 Å². The minimum Gasteiger partial charge on any atom is -0.404 e. The van der Waals surface area contributed by atoms with E-state index < -0.39 is 0 Å². The molecule has 0 fully saturated rings. The zero-order valence-corrected chi connectivity index (χ0v) is 10.2. The maximum absolute atomic E-state index is 8.26. The summed E-state index contributed by atoms with van der Waals surface area (Å²) in [5, 5.41) is 8.26. The number of hydrogen-bond donors (Lipinski definition) is 2. The number of rotatable bonds is 2. The molecule has 1 unspecified atom stereocenters. The molecule has 1 aliphatic carbocycles. The van der Waals surface area contributed by atoms with E-state index in [1.54, 1.807) is 6.20 Å². The molecule has 0 spiro atoms. The third-order valence-corrected chi connectivity index (χ3v) is 4.07. The van der Waals surface area contributed by atoms with Crippen molar-refractivity contribution in [3.05, 3.63) is 23.9 Å². The Bertz CT molecular complexity index is 314. The summed E-state index contributed by atoms with van der Waals surface area (Å²) in [5.74, 6) is 0.906. The smallest absolute Gasteiger partial charge is 0.0424 e. The van der Waals surface area contributed by atoms with Crippen LogP contribution in [0.25, 0.3) is 0 Å². The highest BCUT2D eigenvalue weighted by Gasteiger charge is 2.41. The Morgan fingerprint density at radius 3 is 2.60 bits per heavy atom. The molecule has 84 valence electrons. The third-order valence-electron chi connectivity index (χ3n) is 4.07. The van der Waals surface area contributed by atoms with Crippen molar-refractivity contribution in [3.8, 4) is 0 Å². The average Bonchev–Trinajstić information content (AvgIpc) is 2.23. The van der Waals surface area contributed by atoms with E-state index in [0.29, 0.717) is 17.5 Å². The van der Waals surface area contributed by atoms with Crippen LogP contribution in [0.4, 0.5) is 0 Å². The summed E-state index contributed by atoms with van der Waals surface area (Å²) < 4.78 is 0. The fourth-order valence-corrected chi connectivity index (χ4v) is 2.36. The molecule has 0 heterocycles. The molecular weight excluding hydrogens is 184 g/mol. The molecule has 1 rings (SSSR count). The molecule has 0 saturated heterocycles. The third kappa shape index (κ3) is 1.85. The van der Waals surface area contributed by atoms with Gasteiger partial charge in [0.05, 0.1) is 0 Å². The predicted octanol–water partition coefficient (Wildman–Crippen LogP) is 3.11. The fraction of sp³-hybridized carbons (Fsp3) is 0.615. The van der Waals surface area contributed by atoms with E-state index in [4.69, 9.17) is 11.1 Å². The maximum Gasteiger partial charge on any atom is 0.0424 e. The Kier molecular flexibility index (Phi) is 3.38. The van der Waals surface area contributed by atoms with E-state index in [-0.39, 0.29) is 5.41 Å². The molecule has 0 aromatic rings. The Balaban J connectivity index is 3.08. The Labute approximate surface area is 92.8 Å². The van der Waals surface area contributed by atoms with E-state index in [1.807, 2.05) is 6.92 Å². The first-order valence-electron chi connectivity index (χ1n) is 5.59. The molecule has 3 N–H and O–H groups in total. The van der Waals surface area contributed by atoms with Gasteiger partial charge >= 0.3 is 0 Å². The number of hydrogen-bond acceptors (Lipinski definition) is 2. The topological polar surface area (TPSA) is 49.9 Å². The van der Waals surface area contributed by atoms with Crippen LogP contribution in [-0.2, 0) is 0 Å². The van der Waals surface area contributed by atoms with Gasteiger partial charge in [-0.3, -0.25) is 0 Å². The molecular formula is C13H22N2. The van der Waals surface area contributed by atoms with Gasteiger partial charge in [0, 0.05) is 11.1 Å². The highest BCUT2D eigenvalue weighted by atomic mass is 14.6. The second kappa shape index (κ2) is 4.21. The summed E-state index contributed by atoms with van der Waals surface area (Å²) in [6.45, 7) is 8.51. The summed E-state index contributed by atoms with van der Waals surface area (Å²) >= 11 is 0. The average molecular weight is 206 g/mol. The minimum absolute atomic E-state index is 0.0747. The van der Waals surface area contributed by atoms with Crippen molar-refractivity contribution in [1.82, 2.24) is 0 Å². The van der Waals surface area contributed by atoms with Crippen molar-refractivity contribution in [2.45, 2.75) is 34.1 Å². The molecule has 0 aliphatic heterocycles. The van der Waals surface area contributed by atoms with Gasteiger partial charge in [-0.1, -0.05) is 32.9 Å². The van der Waals surface area contributed by atoms with Gasteiger partial charge in [-0.2, -0.15) is 0 Å². The zero-order valence-electron chi connectivity index (χ0n) is 10.2. The SMILES string of the molecule is C/C(=C/N)C(=N)[C@@]1(C)C(C)C=CC[C@@H]1C. The van der Waals surface area contributed by atoms with Crippen molar-refractivity contribution in [2.24, 2.45) is 23.0 Å². The van der Waals surface area contributed by atoms with Crippen LogP contribution in [0.2, 0.25) is 0 Å². The van der Waals surface area contributed by atoms with Crippen molar-refractivity contribution < 1.29 is 0 Å². The monoisotopic (exact) mass is 206 g/mol. The van der Waals surface area contributed by atoms with E-state index in [2.05, 4.69) is 32.9 Å². The largest absolute Gasteiger partial charge is 0.404 e. The second-order valence-electron chi connectivity index (χ2n) is 4.86. The van der Waals surface area contributed by atoms with Crippen molar-refractivity contribution in [2.75, 3.05) is 0 Å².